The second-order valence-corrected chi connectivity index (χ2v) is 5.35. The summed E-state index contributed by atoms with van der Waals surface area (Å²) in [6, 6.07) is 11.5. The van der Waals surface area contributed by atoms with Gasteiger partial charge in [0.05, 0.1) is 11.5 Å². The van der Waals surface area contributed by atoms with E-state index < -0.39 is 17.7 Å². The van der Waals surface area contributed by atoms with Crippen LogP contribution >= 0.6 is 0 Å². The molecule has 1 atom stereocenters. The lowest BCUT2D eigenvalue weighted by Gasteiger charge is -2.27. The summed E-state index contributed by atoms with van der Waals surface area (Å²) in [7, 11) is 0. The Morgan fingerprint density at radius 1 is 1.08 bits per heavy atom. The molecule has 1 heterocycles. The number of hydrogen-bond donors (Lipinski definition) is 2. The van der Waals surface area contributed by atoms with Crippen molar-refractivity contribution in [2.45, 2.75) is 12.1 Å². The van der Waals surface area contributed by atoms with Gasteiger partial charge < -0.3 is 16.2 Å². The molecule has 1 aliphatic rings. The normalized spacial score (nSPS) is 17.0. The fraction of sp³-hybridized carbons (Fsp3) is 0.118. The minimum atomic E-state index is -4.48. The van der Waals surface area contributed by atoms with Crippen LogP contribution < -0.4 is 16.2 Å². The average molecular weight is 331 g/mol. The van der Waals surface area contributed by atoms with Crippen LogP contribution in [0.3, 0.4) is 0 Å². The number of nitrogens with zero attached hydrogens (tertiary/aromatic N) is 1. The Labute approximate surface area is 135 Å². The molecule has 0 amide bonds. The molecule has 0 saturated heterocycles. The zero-order valence-corrected chi connectivity index (χ0v) is 12.3. The standard InChI is InChI=1S/C17H12F3N3O/c18-17(19,20)10-3-1-2-9(6-10)15-12-5-4-11(22)7-14(12)24-16(23)13(15)8-21/h1-7,15H,22-23H2. The van der Waals surface area contributed by atoms with Crippen molar-refractivity contribution in [3.8, 4) is 11.8 Å². The lowest BCUT2D eigenvalue weighted by Crippen LogP contribution is -2.21. The maximum atomic E-state index is 13.0. The van der Waals surface area contributed by atoms with Crippen molar-refractivity contribution in [2.75, 3.05) is 5.73 Å². The Morgan fingerprint density at radius 3 is 2.50 bits per heavy atom. The van der Waals surface area contributed by atoms with Crippen LogP contribution in [-0.4, -0.2) is 0 Å². The number of nitrogen functional groups attached to an aromatic ring is 1. The van der Waals surface area contributed by atoms with Crippen molar-refractivity contribution in [3.05, 3.63) is 70.6 Å². The Balaban J connectivity index is 2.21. The van der Waals surface area contributed by atoms with Gasteiger partial charge in [-0.05, 0) is 17.7 Å². The third-order valence-electron chi connectivity index (χ3n) is 3.79. The van der Waals surface area contributed by atoms with Crippen molar-refractivity contribution in [1.82, 2.24) is 0 Å². The third kappa shape index (κ3) is 2.63. The molecule has 0 fully saturated rings. The lowest BCUT2D eigenvalue weighted by atomic mass is 9.83. The van der Waals surface area contributed by atoms with Gasteiger partial charge in [-0.3, -0.25) is 0 Å². The second-order valence-electron chi connectivity index (χ2n) is 5.35. The number of fused-ring (bicyclic) bond motifs is 1. The van der Waals surface area contributed by atoms with Crippen LogP contribution in [0.5, 0.6) is 5.75 Å². The van der Waals surface area contributed by atoms with Crippen molar-refractivity contribution in [1.29, 1.82) is 5.26 Å². The summed E-state index contributed by atoms with van der Waals surface area (Å²) in [4.78, 5) is 0. The number of hydrogen-bond acceptors (Lipinski definition) is 4. The third-order valence-corrected chi connectivity index (χ3v) is 3.79. The molecule has 0 saturated carbocycles. The van der Waals surface area contributed by atoms with E-state index in [9.17, 15) is 18.4 Å². The molecule has 0 radical (unpaired) electrons. The maximum absolute atomic E-state index is 13.0. The predicted molar refractivity (Wildman–Crippen MR) is 81.6 cm³/mol. The molecule has 24 heavy (non-hydrogen) atoms. The SMILES string of the molecule is N#CC1=C(N)Oc2cc(N)ccc2C1c1cccc(C(F)(F)F)c1. The first-order chi connectivity index (χ1) is 11.3. The molecule has 2 aromatic carbocycles. The van der Waals surface area contributed by atoms with E-state index in [2.05, 4.69) is 0 Å². The number of anilines is 1. The molecule has 4 N–H and O–H groups in total. The molecule has 122 valence electrons. The van der Waals surface area contributed by atoms with Crippen LogP contribution in [0, 0.1) is 11.3 Å². The van der Waals surface area contributed by atoms with E-state index in [4.69, 9.17) is 16.2 Å². The number of allylic oxidation sites excluding steroid dienone is 1. The maximum Gasteiger partial charge on any atom is 0.416 e. The number of nitrogens with two attached hydrogens (primary N) is 2. The van der Waals surface area contributed by atoms with E-state index >= 15 is 0 Å². The highest BCUT2D eigenvalue weighted by Gasteiger charge is 2.34. The van der Waals surface area contributed by atoms with Gasteiger partial charge in [0.25, 0.3) is 0 Å². The first kappa shape index (κ1) is 15.7. The molecule has 7 heteroatoms. The van der Waals surface area contributed by atoms with Gasteiger partial charge >= 0.3 is 6.18 Å². The van der Waals surface area contributed by atoms with E-state index in [0.29, 0.717) is 22.6 Å². The molecule has 2 aromatic rings. The largest absolute Gasteiger partial charge is 0.440 e. The van der Waals surface area contributed by atoms with Gasteiger partial charge in [-0.25, -0.2) is 0 Å². The van der Waals surface area contributed by atoms with Crippen LogP contribution in [-0.2, 0) is 6.18 Å². The summed E-state index contributed by atoms with van der Waals surface area (Å²) < 4.78 is 44.4. The zero-order chi connectivity index (χ0) is 17.5. The topological polar surface area (TPSA) is 85.1 Å². The predicted octanol–water partition coefficient (Wildman–Crippen LogP) is 3.51. The van der Waals surface area contributed by atoms with Crippen molar-refractivity contribution >= 4 is 5.69 Å². The molecular formula is C17H12F3N3O. The van der Waals surface area contributed by atoms with Gasteiger partial charge in [0.1, 0.15) is 17.4 Å². The van der Waals surface area contributed by atoms with Crippen LogP contribution in [0.2, 0.25) is 0 Å². The summed E-state index contributed by atoms with van der Waals surface area (Å²) in [5, 5.41) is 9.39. The fourth-order valence-electron chi connectivity index (χ4n) is 2.71. The highest BCUT2D eigenvalue weighted by atomic mass is 19.4. The number of benzene rings is 2. The Bertz CT molecular complexity index is 881. The van der Waals surface area contributed by atoms with Crippen LogP contribution in [0.25, 0.3) is 0 Å². The average Bonchev–Trinajstić information content (AvgIpc) is 2.52. The van der Waals surface area contributed by atoms with Gasteiger partial charge in [-0.1, -0.05) is 24.3 Å². The van der Waals surface area contributed by atoms with Gasteiger partial charge in [0, 0.05) is 17.3 Å². The smallest absolute Gasteiger partial charge is 0.416 e. The molecule has 4 nitrogen and oxygen atoms in total. The molecule has 0 aliphatic carbocycles. The monoisotopic (exact) mass is 331 g/mol. The van der Waals surface area contributed by atoms with Crippen molar-refractivity contribution in [3.63, 3.8) is 0 Å². The number of alkyl halides is 3. The van der Waals surface area contributed by atoms with Crippen LogP contribution in [0.4, 0.5) is 18.9 Å². The molecule has 0 spiro atoms. The number of halogens is 3. The summed E-state index contributed by atoms with van der Waals surface area (Å²) >= 11 is 0. The highest BCUT2D eigenvalue weighted by Crippen LogP contribution is 2.43. The quantitative estimate of drug-likeness (QED) is 0.783. The van der Waals surface area contributed by atoms with Gasteiger partial charge in [-0.15, -0.1) is 0 Å². The fourth-order valence-corrected chi connectivity index (χ4v) is 2.71. The first-order valence-corrected chi connectivity index (χ1v) is 6.95. The molecule has 3 rings (SSSR count). The summed E-state index contributed by atoms with van der Waals surface area (Å²) in [6.45, 7) is 0. The molecule has 0 aromatic heterocycles. The molecule has 0 bridgehead atoms. The molecule has 1 aliphatic heterocycles. The molecule has 1 unspecified atom stereocenters. The lowest BCUT2D eigenvalue weighted by molar-refractivity contribution is -0.137. The second kappa shape index (κ2) is 5.49. The minimum absolute atomic E-state index is 0.0617. The van der Waals surface area contributed by atoms with E-state index in [1.807, 2.05) is 6.07 Å². The van der Waals surface area contributed by atoms with Crippen LogP contribution in [0.15, 0.2) is 53.9 Å². The van der Waals surface area contributed by atoms with E-state index in [0.717, 1.165) is 12.1 Å². The van der Waals surface area contributed by atoms with Crippen molar-refractivity contribution in [2.24, 2.45) is 5.73 Å². The Kier molecular flexibility index (Phi) is 3.60. The first-order valence-electron chi connectivity index (χ1n) is 6.95. The molecular weight excluding hydrogens is 319 g/mol. The van der Waals surface area contributed by atoms with Gasteiger partial charge in [-0.2, -0.15) is 18.4 Å². The van der Waals surface area contributed by atoms with Crippen LogP contribution in [0.1, 0.15) is 22.6 Å². The Morgan fingerprint density at radius 2 is 1.83 bits per heavy atom. The van der Waals surface area contributed by atoms with E-state index in [-0.39, 0.29) is 11.5 Å². The number of nitriles is 1. The van der Waals surface area contributed by atoms with E-state index in [1.54, 1.807) is 12.1 Å². The van der Waals surface area contributed by atoms with Gasteiger partial charge in [0.15, 0.2) is 0 Å². The summed E-state index contributed by atoms with van der Waals surface area (Å²) in [5.41, 5.74) is 12.0. The summed E-state index contributed by atoms with van der Waals surface area (Å²) in [6.07, 6.45) is -4.48. The van der Waals surface area contributed by atoms with Crippen molar-refractivity contribution < 1.29 is 17.9 Å². The zero-order valence-electron chi connectivity index (χ0n) is 12.3. The van der Waals surface area contributed by atoms with E-state index in [1.165, 1.54) is 18.2 Å². The Hall–Kier alpha value is -3.14. The summed E-state index contributed by atoms with van der Waals surface area (Å²) in [5.74, 6) is -0.562. The number of ether oxygens (including phenoxy) is 1. The number of rotatable bonds is 1. The highest BCUT2D eigenvalue weighted by molar-refractivity contribution is 5.59. The van der Waals surface area contributed by atoms with Gasteiger partial charge in [0.2, 0.25) is 5.88 Å². The minimum Gasteiger partial charge on any atom is -0.440 e.